The molecule has 2 aromatic carbocycles. The number of hydrogen-bond acceptors (Lipinski definition) is 6. The molecule has 1 fully saturated rings. The number of hydrogen-bond donors (Lipinski definition) is 1. The number of aromatic nitrogens is 3. The maximum absolute atomic E-state index is 14.5. The second kappa shape index (κ2) is 10.4. The average molecular weight is 581 g/mol. The van der Waals surface area contributed by atoms with Crippen molar-refractivity contribution in [1.82, 2.24) is 19.7 Å². The van der Waals surface area contributed by atoms with Crippen molar-refractivity contribution < 1.29 is 33.0 Å². The number of carbonyl (C=O) groups excluding carboxylic acids is 1. The Morgan fingerprint density at radius 1 is 1.18 bits per heavy atom. The Kier molecular flexibility index (Phi) is 7.25. The van der Waals surface area contributed by atoms with Crippen LogP contribution in [0.5, 0.6) is 5.75 Å². The van der Waals surface area contributed by atoms with Crippen LogP contribution in [-0.4, -0.2) is 56.8 Å². The second-order valence-corrected chi connectivity index (χ2v) is 10.5. The highest BCUT2D eigenvalue weighted by molar-refractivity contribution is 6.30. The number of nitrogens with zero attached hydrogens (tertiary/aromatic N) is 4. The van der Waals surface area contributed by atoms with E-state index in [1.165, 1.54) is 12.0 Å². The highest BCUT2D eigenvalue weighted by Gasteiger charge is 2.43. The number of carbonyl (C=O) groups is 2. The fourth-order valence-electron chi connectivity index (χ4n) is 5.12. The zero-order chi connectivity index (χ0) is 28.1. The molecule has 1 amide bonds. The topological polar surface area (TPSA) is 107 Å². The lowest BCUT2D eigenvalue weighted by Crippen LogP contribution is -2.51. The largest absolute Gasteiger partial charge is 0.496 e. The number of aliphatic carboxylic acids is 1. The molecule has 1 saturated heterocycles. The predicted molar refractivity (Wildman–Crippen MR) is 136 cm³/mol. The van der Waals surface area contributed by atoms with Crippen LogP contribution in [0.1, 0.15) is 53.4 Å². The first-order valence-corrected chi connectivity index (χ1v) is 12.8. The van der Waals surface area contributed by atoms with Crippen LogP contribution in [0.2, 0.25) is 5.02 Å². The molecule has 0 bridgehead atoms. The third kappa shape index (κ3) is 5.18. The van der Waals surface area contributed by atoms with Gasteiger partial charge in [0, 0.05) is 29.6 Å². The van der Waals surface area contributed by atoms with Crippen LogP contribution in [0, 0.1) is 12.8 Å². The number of halogens is 4. The maximum atomic E-state index is 14.5. The first-order valence-electron chi connectivity index (χ1n) is 12.1. The van der Waals surface area contributed by atoms with Gasteiger partial charge in [0.05, 0.1) is 25.6 Å². The molecule has 1 aromatic heterocycles. The molecule has 2 aliphatic rings. The van der Waals surface area contributed by atoms with Crippen LogP contribution < -0.4 is 4.74 Å². The fraction of sp³-hybridized carbons (Fsp3) is 0.385. The van der Waals surface area contributed by atoms with Crippen molar-refractivity contribution >= 4 is 35.1 Å². The Hall–Kier alpha value is -3.28. The highest BCUT2D eigenvalue weighted by Crippen LogP contribution is 2.46. The van der Waals surface area contributed by atoms with Gasteiger partial charge >= 0.3 is 11.4 Å². The van der Waals surface area contributed by atoms with Crippen LogP contribution in [0.4, 0.5) is 8.78 Å². The van der Waals surface area contributed by atoms with Crippen LogP contribution in [0.3, 0.4) is 0 Å². The first-order chi connectivity index (χ1) is 18.5. The minimum atomic E-state index is -3.87. The van der Waals surface area contributed by atoms with Gasteiger partial charge in [-0.3, -0.25) is 14.2 Å². The summed E-state index contributed by atoms with van der Waals surface area (Å²) in [6.07, 6.45) is -2.23. The van der Waals surface area contributed by atoms with Gasteiger partial charge in [0.2, 0.25) is 11.7 Å². The zero-order valence-electron chi connectivity index (χ0n) is 20.9. The van der Waals surface area contributed by atoms with E-state index in [2.05, 4.69) is 10.2 Å². The second-order valence-electron chi connectivity index (χ2n) is 9.56. The summed E-state index contributed by atoms with van der Waals surface area (Å²) in [6, 6.07) is 10.1. The Morgan fingerprint density at radius 2 is 1.92 bits per heavy atom. The molecule has 1 N–H and O–H groups in total. The van der Waals surface area contributed by atoms with E-state index in [1.54, 1.807) is 30.3 Å². The lowest BCUT2D eigenvalue weighted by Gasteiger charge is -2.39. The van der Waals surface area contributed by atoms with Crippen molar-refractivity contribution in [3.8, 4) is 11.4 Å². The van der Waals surface area contributed by atoms with Gasteiger partial charge in [-0.1, -0.05) is 23.7 Å². The van der Waals surface area contributed by atoms with Gasteiger partial charge in [-0.2, -0.15) is 8.78 Å². The van der Waals surface area contributed by atoms with Crippen molar-refractivity contribution in [2.75, 3.05) is 20.2 Å². The molecule has 39 heavy (non-hydrogen) atoms. The van der Waals surface area contributed by atoms with Crippen LogP contribution in [0.25, 0.3) is 5.69 Å². The molecule has 13 heteroatoms. The van der Waals surface area contributed by atoms with Crippen molar-refractivity contribution in [3.05, 3.63) is 69.8 Å². The summed E-state index contributed by atoms with van der Waals surface area (Å²) in [5, 5.41) is 13.1. The minimum absolute atomic E-state index is 0.0205. The molecular weight excluding hydrogens is 557 g/mol. The lowest BCUT2D eigenvalue weighted by molar-refractivity contribution is -0.147. The van der Waals surface area contributed by atoms with Crippen molar-refractivity contribution in [2.24, 2.45) is 5.92 Å². The van der Waals surface area contributed by atoms with E-state index in [1.807, 2.05) is 13.0 Å². The van der Waals surface area contributed by atoms with Gasteiger partial charge in [0.1, 0.15) is 18.0 Å². The molecule has 206 valence electrons. The van der Waals surface area contributed by atoms with E-state index in [-0.39, 0.29) is 49.3 Å². The third-order valence-corrected chi connectivity index (χ3v) is 7.41. The summed E-state index contributed by atoms with van der Waals surface area (Å²) in [4.78, 5) is 25.7. The van der Waals surface area contributed by atoms with Gasteiger partial charge in [-0.05, 0) is 53.9 Å². The SMILES string of the molecule is COc1cccc([C@@H]2O[C@@H](CC(=O)N3CC(CC(=O)O)C3)c3nnc(C(F)(F)Cl)n3-c3ccc(Cl)cc32)c1C. The van der Waals surface area contributed by atoms with Crippen LogP contribution >= 0.6 is 23.2 Å². The fourth-order valence-corrected chi connectivity index (χ4v) is 5.42. The van der Waals surface area contributed by atoms with Gasteiger partial charge < -0.3 is 19.5 Å². The Bertz CT molecular complexity index is 1440. The Labute approximate surface area is 232 Å². The number of amides is 1. The predicted octanol–water partition coefficient (Wildman–Crippen LogP) is 5.01. The number of rotatable bonds is 7. The normalized spacial score (nSPS) is 19.1. The molecule has 3 heterocycles. The molecule has 5 rings (SSSR count). The van der Waals surface area contributed by atoms with Gasteiger partial charge in [-0.25, -0.2) is 0 Å². The molecule has 0 saturated carbocycles. The van der Waals surface area contributed by atoms with Crippen molar-refractivity contribution in [2.45, 2.75) is 37.4 Å². The summed E-state index contributed by atoms with van der Waals surface area (Å²) < 4.78 is 42.2. The first kappa shape index (κ1) is 27.3. The number of alkyl halides is 3. The third-order valence-electron chi connectivity index (χ3n) is 7.00. The molecule has 0 radical (unpaired) electrons. The Balaban J connectivity index is 1.61. The Morgan fingerprint density at radius 3 is 2.59 bits per heavy atom. The zero-order valence-corrected chi connectivity index (χ0v) is 22.4. The quantitative estimate of drug-likeness (QED) is 0.391. The summed E-state index contributed by atoms with van der Waals surface area (Å²) in [6.45, 7) is 2.40. The number of methoxy groups -OCH3 is 1. The standard InChI is InChI=1S/C26H24Cl2F2N4O5/c1-13-16(4-3-5-19(13)38-2)23-17-9-15(27)6-7-18(17)34-24(31-32-25(34)26(28,29)30)20(39-23)10-21(35)33-11-14(12-33)8-22(36)37/h3-7,9,14,20,23H,8,10-12H2,1-2H3,(H,36,37)/t20-,23-/m0/s1. The molecular formula is C26H24Cl2F2N4O5. The van der Waals surface area contributed by atoms with E-state index in [9.17, 15) is 18.4 Å². The highest BCUT2D eigenvalue weighted by atomic mass is 35.5. The number of carboxylic acids is 1. The molecule has 0 unspecified atom stereocenters. The molecule has 0 spiro atoms. The van der Waals surface area contributed by atoms with Gasteiger partial charge in [0.25, 0.3) is 0 Å². The molecule has 2 atom stereocenters. The number of likely N-dealkylation sites (tertiary alicyclic amines) is 1. The molecule has 3 aromatic rings. The summed E-state index contributed by atoms with van der Waals surface area (Å²) in [7, 11) is 1.53. The van der Waals surface area contributed by atoms with E-state index in [0.717, 1.165) is 10.1 Å². The average Bonchev–Trinajstić information content (AvgIpc) is 3.25. The monoisotopic (exact) mass is 580 g/mol. The summed E-state index contributed by atoms with van der Waals surface area (Å²) in [5.74, 6) is -1.67. The number of ether oxygens (including phenoxy) is 2. The van der Waals surface area contributed by atoms with Crippen LogP contribution in [-0.2, 0) is 19.7 Å². The number of benzene rings is 2. The molecule has 0 aliphatic carbocycles. The van der Waals surface area contributed by atoms with Crippen LogP contribution in [0.15, 0.2) is 36.4 Å². The minimum Gasteiger partial charge on any atom is -0.496 e. The number of fused-ring (bicyclic) bond motifs is 3. The smallest absolute Gasteiger partial charge is 0.382 e. The van der Waals surface area contributed by atoms with Gasteiger partial charge in [-0.15, -0.1) is 10.2 Å². The van der Waals surface area contributed by atoms with E-state index >= 15 is 0 Å². The summed E-state index contributed by atoms with van der Waals surface area (Å²) in [5.41, 5.74) is 2.16. The lowest BCUT2D eigenvalue weighted by atomic mass is 9.95. The van der Waals surface area contributed by atoms with E-state index < -0.39 is 29.4 Å². The van der Waals surface area contributed by atoms with Crippen molar-refractivity contribution in [3.63, 3.8) is 0 Å². The van der Waals surface area contributed by atoms with E-state index in [4.69, 9.17) is 37.8 Å². The maximum Gasteiger partial charge on any atom is 0.382 e. The van der Waals surface area contributed by atoms with E-state index in [0.29, 0.717) is 21.9 Å². The number of carboxylic acid groups (broad SMARTS) is 1. The summed E-state index contributed by atoms with van der Waals surface area (Å²) >= 11 is 11.8. The molecule has 2 aliphatic heterocycles. The molecule has 9 nitrogen and oxygen atoms in total. The van der Waals surface area contributed by atoms with Crippen molar-refractivity contribution in [1.29, 1.82) is 0 Å². The van der Waals surface area contributed by atoms with Gasteiger partial charge in [0.15, 0.2) is 5.82 Å².